The molecule has 0 aliphatic carbocycles. The highest BCUT2D eigenvalue weighted by atomic mass is 35.5. The minimum Gasteiger partial charge on any atom is -0.486 e. The summed E-state index contributed by atoms with van der Waals surface area (Å²) in [4.78, 5) is 0.314. The van der Waals surface area contributed by atoms with Gasteiger partial charge in [0.05, 0.1) is 10.7 Å². The molecule has 20 heavy (non-hydrogen) atoms. The fourth-order valence-electron chi connectivity index (χ4n) is 1.66. The predicted octanol–water partition coefficient (Wildman–Crippen LogP) is 3.33. The van der Waals surface area contributed by atoms with Gasteiger partial charge in [0.15, 0.2) is 0 Å². The van der Waals surface area contributed by atoms with E-state index in [1.807, 2.05) is 16.9 Å². The van der Waals surface area contributed by atoms with E-state index in [2.05, 4.69) is 18.9 Å². The van der Waals surface area contributed by atoms with Crippen molar-refractivity contribution in [1.29, 1.82) is 0 Å². The topological polar surface area (TPSA) is 53.1 Å². The van der Waals surface area contributed by atoms with Crippen LogP contribution in [0.2, 0.25) is 5.02 Å². The molecule has 1 aromatic carbocycles. The Morgan fingerprint density at radius 2 is 2.20 bits per heavy atom. The first kappa shape index (κ1) is 14.8. The van der Waals surface area contributed by atoms with Crippen LogP contribution in [0.3, 0.4) is 0 Å². The second-order valence-corrected chi connectivity index (χ2v) is 5.53. The van der Waals surface area contributed by atoms with Crippen LogP contribution >= 0.6 is 23.8 Å². The Morgan fingerprint density at radius 3 is 2.75 bits per heavy atom. The minimum atomic E-state index is 0.314. The number of benzene rings is 1. The largest absolute Gasteiger partial charge is 0.486 e. The van der Waals surface area contributed by atoms with Gasteiger partial charge < -0.3 is 10.5 Å². The van der Waals surface area contributed by atoms with Crippen LogP contribution in [-0.2, 0) is 6.61 Å². The van der Waals surface area contributed by atoms with E-state index in [4.69, 9.17) is 34.3 Å². The molecule has 0 bridgehead atoms. The van der Waals surface area contributed by atoms with E-state index >= 15 is 0 Å². The Labute approximate surface area is 128 Å². The smallest absolute Gasteiger partial charge is 0.138 e. The average molecular weight is 310 g/mol. The second kappa shape index (κ2) is 6.24. The molecule has 0 spiro atoms. The molecule has 1 aromatic heterocycles. The lowest BCUT2D eigenvalue weighted by Gasteiger charge is -2.08. The molecule has 106 valence electrons. The van der Waals surface area contributed by atoms with Gasteiger partial charge in [0.25, 0.3) is 0 Å². The fraction of sp³-hybridized carbons (Fsp3) is 0.286. The van der Waals surface area contributed by atoms with Crippen LogP contribution in [0.1, 0.15) is 31.1 Å². The molecule has 0 saturated heterocycles. The predicted molar refractivity (Wildman–Crippen MR) is 84.3 cm³/mol. The molecule has 1 heterocycles. The van der Waals surface area contributed by atoms with Gasteiger partial charge in [0.2, 0.25) is 0 Å². The highest BCUT2D eigenvalue weighted by Crippen LogP contribution is 2.26. The van der Waals surface area contributed by atoms with E-state index in [1.165, 1.54) is 0 Å². The molecule has 6 heteroatoms. The molecule has 0 saturated carbocycles. The third-order valence-corrected chi connectivity index (χ3v) is 3.32. The van der Waals surface area contributed by atoms with E-state index in [0.29, 0.717) is 28.4 Å². The summed E-state index contributed by atoms with van der Waals surface area (Å²) in [6.07, 6.45) is 1.93. The summed E-state index contributed by atoms with van der Waals surface area (Å²) in [5.41, 5.74) is 7.13. The van der Waals surface area contributed by atoms with E-state index < -0.39 is 0 Å². The summed E-state index contributed by atoms with van der Waals surface area (Å²) >= 11 is 11.0. The lowest BCUT2D eigenvalue weighted by atomic mass is 10.2. The molecule has 2 rings (SSSR count). The number of ether oxygens (including phenoxy) is 1. The number of aromatic nitrogens is 2. The molecule has 0 unspecified atom stereocenters. The van der Waals surface area contributed by atoms with Crippen molar-refractivity contribution in [3.63, 3.8) is 0 Å². The number of nitrogens with zero attached hydrogens (tertiary/aromatic N) is 2. The van der Waals surface area contributed by atoms with Crippen LogP contribution in [0.15, 0.2) is 30.5 Å². The van der Waals surface area contributed by atoms with Crippen LogP contribution in [0.5, 0.6) is 5.75 Å². The first-order chi connectivity index (χ1) is 9.47. The van der Waals surface area contributed by atoms with Crippen LogP contribution in [0.4, 0.5) is 0 Å². The van der Waals surface area contributed by atoms with Crippen molar-refractivity contribution in [3.8, 4) is 5.75 Å². The van der Waals surface area contributed by atoms with Gasteiger partial charge in [-0.1, -0.05) is 23.8 Å². The van der Waals surface area contributed by atoms with Crippen LogP contribution in [0, 0.1) is 0 Å². The molecule has 0 aliphatic heterocycles. The normalized spacial score (nSPS) is 10.8. The van der Waals surface area contributed by atoms with E-state index in [1.54, 1.807) is 18.2 Å². The number of thiocarbonyl (C=S) groups is 1. The maximum Gasteiger partial charge on any atom is 0.138 e. The van der Waals surface area contributed by atoms with Crippen molar-refractivity contribution in [3.05, 3.63) is 46.7 Å². The Morgan fingerprint density at radius 1 is 1.45 bits per heavy atom. The summed E-state index contributed by atoms with van der Waals surface area (Å²) < 4.78 is 7.54. The number of hydrogen-bond donors (Lipinski definition) is 1. The van der Waals surface area contributed by atoms with Gasteiger partial charge >= 0.3 is 0 Å². The van der Waals surface area contributed by atoms with Gasteiger partial charge in [-0.2, -0.15) is 5.10 Å². The average Bonchev–Trinajstić information content (AvgIpc) is 2.86. The lowest BCUT2D eigenvalue weighted by molar-refractivity contribution is 0.299. The van der Waals surface area contributed by atoms with Crippen molar-refractivity contribution in [2.45, 2.75) is 26.5 Å². The molecule has 0 fully saturated rings. The summed E-state index contributed by atoms with van der Waals surface area (Å²) in [5, 5.41) is 4.89. The lowest BCUT2D eigenvalue weighted by Crippen LogP contribution is -2.09. The molecule has 0 amide bonds. The van der Waals surface area contributed by atoms with Gasteiger partial charge in [0.1, 0.15) is 17.3 Å². The first-order valence-electron chi connectivity index (χ1n) is 6.23. The Hall–Kier alpha value is -1.59. The standard InChI is InChI=1S/C14H16ClN3OS/c1-9(2)18-6-5-11(17-18)8-19-13-4-3-10(14(16)20)7-12(13)15/h3-7,9H,8H2,1-2H3,(H2,16,20). The summed E-state index contributed by atoms with van der Waals surface area (Å²) in [7, 11) is 0. The van der Waals surface area contributed by atoms with Gasteiger partial charge in [-0.25, -0.2) is 0 Å². The number of halogens is 1. The molecule has 0 atom stereocenters. The maximum absolute atomic E-state index is 6.13. The Bertz CT molecular complexity index is 625. The van der Waals surface area contributed by atoms with Crippen LogP contribution in [-0.4, -0.2) is 14.8 Å². The quantitative estimate of drug-likeness (QED) is 0.861. The third-order valence-electron chi connectivity index (χ3n) is 2.78. The highest BCUT2D eigenvalue weighted by Gasteiger charge is 2.07. The molecular formula is C14H16ClN3OS. The van der Waals surface area contributed by atoms with E-state index in [-0.39, 0.29) is 0 Å². The monoisotopic (exact) mass is 309 g/mol. The molecular weight excluding hydrogens is 294 g/mol. The van der Waals surface area contributed by atoms with Gasteiger partial charge in [-0.3, -0.25) is 4.68 Å². The molecule has 4 nitrogen and oxygen atoms in total. The fourth-order valence-corrected chi connectivity index (χ4v) is 2.03. The summed E-state index contributed by atoms with van der Waals surface area (Å²) in [5.74, 6) is 0.589. The zero-order valence-corrected chi connectivity index (χ0v) is 12.9. The number of rotatable bonds is 5. The number of hydrogen-bond acceptors (Lipinski definition) is 3. The summed E-state index contributed by atoms with van der Waals surface area (Å²) in [6, 6.07) is 7.51. The van der Waals surface area contributed by atoms with Crippen molar-refractivity contribution in [2.24, 2.45) is 5.73 Å². The van der Waals surface area contributed by atoms with Crippen molar-refractivity contribution >= 4 is 28.8 Å². The first-order valence-corrected chi connectivity index (χ1v) is 7.02. The molecule has 2 N–H and O–H groups in total. The SMILES string of the molecule is CC(C)n1ccc(COc2ccc(C(N)=S)cc2Cl)n1. The van der Waals surface area contributed by atoms with Crippen LogP contribution < -0.4 is 10.5 Å². The maximum atomic E-state index is 6.13. The number of nitrogens with two attached hydrogens (primary N) is 1. The zero-order chi connectivity index (χ0) is 14.7. The van der Waals surface area contributed by atoms with Crippen molar-refractivity contribution in [2.75, 3.05) is 0 Å². The molecule has 0 radical (unpaired) electrons. The van der Waals surface area contributed by atoms with Crippen molar-refractivity contribution in [1.82, 2.24) is 9.78 Å². The van der Waals surface area contributed by atoms with E-state index in [9.17, 15) is 0 Å². The van der Waals surface area contributed by atoms with Crippen LogP contribution in [0.25, 0.3) is 0 Å². The van der Waals surface area contributed by atoms with Crippen molar-refractivity contribution < 1.29 is 4.74 Å². The molecule has 0 aliphatic rings. The third kappa shape index (κ3) is 3.49. The van der Waals surface area contributed by atoms with Gasteiger partial charge in [-0.05, 0) is 38.1 Å². The molecule has 2 aromatic rings. The second-order valence-electron chi connectivity index (χ2n) is 4.68. The van der Waals surface area contributed by atoms with Gasteiger partial charge in [0, 0.05) is 17.8 Å². The summed E-state index contributed by atoms with van der Waals surface area (Å²) in [6.45, 7) is 4.51. The van der Waals surface area contributed by atoms with E-state index in [0.717, 1.165) is 11.3 Å². The Kier molecular flexibility index (Phi) is 4.62. The highest BCUT2D eigenvalue weighted by molar-refractivity contribution is 7.80. The zero-order valence-electron chi connectivity index (χ0n) is 11.3. The van der Waals surface area contributed by atoms with Gasteiger partial charge in [-0.15, -0.1) is 0 Å². The minimum absolute atomic E-state index is 0.314. The Balaban J connectivity index is 2.05.